The molecular formula is C11H15NO. The normalized spacial score (nSPS) is 26.7. The Labute approximate surface area is 78.9 Å². The van der Waals surface area contributed by atoms with Crippen LogP contribution in [0.5, 0.6) is 0 Å². The van der Waals surface area contributed by atoms with E-state index in [0.717, 1.165) is 25.9 Å². The molecule has 1 aliphatic heterocycles. The largest absolute Gasteiger partial charge is 0.339 e. The maximum absolute atomic E-state index is 11.2. The van der Waals surface area contributed by atoms with Gasteiger partial charge in [0.2, 0.25) is 5.91 Å². The molecular weight excluding hydrogens is 162 g/mol. The molecule has 1 amide bonds. The summed E-state index contributed by atoms with van der Waals surface area (Å²) in [4.78, 5) is 13.1. The van der Waals surface area contributed by atoms with Gasteiger partial charge in [0, 0.05) is 20.0 Å². The van der Waals surface area contributed by atoms with Gasteiger partial charge in [0.15, 0.2) is 0 Å². The van der Waals surface area contributed by atoms with E-state index >= 15 is 0 Å². The van der Waals surface area contributed by atoms with Gasteiger partial charge in [-0.25, -0.2) is 0 Å². The standard InChI is InChI=1S/C11H15NO/c1-9(13)12-7-6-10-4-2-3-5-11(10)8-12/h2-3,5,10H,4,6-8H2,1H3. The van der Waals surface area contributed by atoms with Crippen molar-refractivity contribution in [2.75, 3.05) is 13.1 Å². The lowest BCUT2D eigenvalue weighted by Crippen LogP contribution is -2.38. The van der Waals surface area contributed by atoms with Crippen LogP contribution < -0.4 is 0 Å². The van der Waals surface area contributed by atoms with Gasteiger partial charge in [-0.1, -0.05) is 18.2 Å². The van der Waals surface area contributed by atoms with E-state index in [1.54, 1.807) is 6.92 Å². The van der Waals surface area contributed by atoms with Gasteiger partial charge in [0.1, 0.15) is 0 Å². The number of hydrogen-bond acceptors (Lipinski definition) is 1. The number of carbonyl (C=O) groups excluding carboxylic acids is 1. The number of fused-ring (bicyclic) bond motifs is 1. The van der Waals surface area contributed by atoms with E-state index in [1.807, 2.05) is 4.90 Å². The van der Waals surface area contributed by atoms with Gasteiger partial charge in [-0.05, 0) is 24.3 Å². The van der Waals surface area contributed by atoms with Crippen molar-refractivity contribution in [2.45, 2.75) is 19.8 Å². The fraction of sp³-hybridized carbons (Fsp3) is 0.545. The van der Waals surface area contributed by atoms with Crippen LogP contribution in [0.2, 0.25) is 0 Å². The van der Waals surface area contributed by atoms with E-state index in [2.05, 4.69) is 18.2 Å². The Bertz CT molecular complexity index is 278. The molecule has 1 heterocycles. The van der Waals surface area contributed by atoms with Crippen LogP contribution in [0.1, 0.15) is 19.8 Å². The van der Waals surface area contributed by atoms with E-state index in [1.165, 1.54) is 5.57 Å². The summed E-state index contributed by atoms with van der Waals surface area (Å²) >= 11 is 0. The fourth-order valence-electron chi connectivity index (χ4n) is 2.09. The summed E-state index contributed by atoms with van der Waals surface area (Å²) in [5, 5.41) is 0. The molecule has 1 saturated heterocycles. The molecule has 0 aromatic carbocycles. The van der Waals surface area contributed by atoms with E-state index in [4.69, 9.17) is 0 Å². The van der Waals surface area contributed by atoms with Gasteiger partial charge >= 0.3 is 0 Å². The van der Waals surface area contributed by atoms with E-state index in [-0.39, 0.29) is 5.91 Å². The minimum Gasteiger partial charge on any atom is -0.339 e. The first-order valence-corrected chi connectivity index (χ1v) is 4.88. The van der Waals surface area contributed by atoms with Crippen molar-refractivity contribution in [3.8, 4) is 0 Å². The number of amides is 1. The predicted octanol–water partition coefficient (Wildman–Crippen LogP) is 1.74. The minimum atomic E-state index is 0.203. The van der Waals surface area contributed by atoms with Crippen LogP contribution in [0.25, 0.3) is 0 Å². The fourth-order valence-corrected chi connectivity index (χ4v) is 2.09. The summed E-state index contributed by atoms with van der Waals surface area (Å²) < 4.78 is 0. The lowest BCUT2D eigenvalue weighted by atomic mass is 9.85. The quantitative estimate of drug-likeness (QED) is 0.552. The summed E-state index contributed by atoms with van der Waals surface area (Å²) in [6, 6.07) is 0. The van der Waals surface area contributed by atoms with Gasteiger partial charge in [-0.2, -0.15) is 0 Å². The van der Waals surface area contributed by atoms with Crippen molar-refractivity contribution in [3.63, 3.8) is 0 Å². The highest BCUT2D eigenvalue weighted by Gasteiger charge is 2.24. The number of carbonyl (C=O) groups is 1. The second-order valence-electron chi connectivity index (χ2n) is 3.83. The predicted molar refractivity (Wildman–Crippen MR) is 52.2 cm³/mol. The first kappa shape index (κ1) is 8.54. The highest BCUT2D eigenvalue weighted by molar-refractivity contribution is 5.73. The van der Waals surface area contributed by atoms with E-state index in [0.29, 0.717) is 5.92 Å². The topological polar surface area (TPSA) is 20.3 Å². The van der Waals surface area contributed by atoms with Crippen molar-refractivity contribution in [1.29, 1.82) is 0 Å². The lowest BCUT2D eigenvalue weighted by Gasteiger charge is -2.34. The molecule has 2 nitrogen and oxygen atoms in total. The Morgan fingerprint density at radius 2 is 2.46 bits per heavy atom. The first-order valence-electron chi connectivity index (χ1n) is 4.88. The van der Waals surface area contributed by atoms with Gasteiger partial charge in [0.05, 0.1) is 0 Å². The number of rotatable bonds is 0. The van der Waals surface area contributed by atoms with E-state index < -0.39 is 0 Å². The molecule has 2 heteroatoms. The molecule has 0 aromatic heterocycles. The average Bonchev–Trinajstić information content (AvgIpc) is 2.17. The third kappa shape index (κ3) is 1.67. The lowest BCUT2D eigenvalue weighted by molar-refractivity contribution is -0.129. The summed E-state index contributed by atoms with van der Waals surface area (Å²) in [5.41, 5.74) is 1.43. The van der Waals surface area contributed by atoms with Crippen LogP contribution >= 0.6 is 0 Å². The third-order valence-electron chi connectivity index (χ3n) is 2.96. The minimum absolute atomic E-state index is 0.203. The van der Waals surface area contributed by atoms with Crippen molar-refractivity contribution < 1.29 is 4.79 Å². The van der Waals surface area contributed by atoms with Crippen molar-refractivity contribution in [2.24, 2.45) is 5.92 Å². The van der Waals surface area contributed by atoms with Gasteiger partial charge < -0.3 is 4.90 Å². The van der Waals surface area contributed by atoms with Crippen molar-refractivity contribution in [1.82, 2.24) is 4.90 Å². The van der Waals surface area contributed by atoms with Crippen LogP contribution in [0, 0.1) is 5.92 Å². The number of allylic oxidation sites excluding steroid dienone is 3. The SMILES string of the molecule is CC(=O)N1CCC2CC=CC=C2C1. The molecule has 2 aliphatic rings. The molecule has 2 rings (SSSR count). The molecule has 0 saturated carbocycles. The Hall–Kier alpha value is -1.05. The Kier molecular flexibility index (Phi) is 2.21. The van der Waals surface area contributed by atoms with Crippen LogP contribution in [-0.2, 0) is 4.79 Å². The Morgan fingerprint density at radius 1 is 1.62 bits per heavy atom. The van der Waals surface area contributed by atoms with Crippen molar-refractivity contribution in [3.05, 3.63) is 23.8 Å². The second-order valence-corrected chi connectivity index (χ2v) is 3.83. The van der Waals surface area contributed by atoms with Crippen LogP contribution in [-0.4, -0.2) is 23.9 Å². The zero-order valence-electron chi connectivity index (χ0n) is 7.99. The summed E-state index contributed by atoms with van der Waals surface area (Å²) in [6.07, 6.45) is 8.80. The van der Waals surface area contributed by atoms with Gasteiger partial charge in [-0.3, -0.25) is 4.79 Å². The highest BCUT2D eigenvalue weighted by Crippen LogP contribution is 2.28. The monoisotopic (exact) mass is 177 g/mol. The molecule has 0 spiro atoms. The second kappa shape index (κ2) is 3.36. The number of piperidine rings is 1. The number of likely N-dealkylation sites (tertiary alicyclic amines) is 1. The molecule has 1 unspecified atom stereocenters. The molecule has 1 aliphatic carbocycles. The molecule has 0 N–H and O–H groups in total. The van der Waals surface area contributed by atoms with Crippen LogP contribution in [0.4, 0.5) is 0 Å². The summed E-state index contributed by atoms with van der Waals surface area (Å²) in [5.74, 6) is 0.912. The maximum atomic E-state index is 11.2. The van der Waals surface area contributed by atoms with Crippen LogP contribution in [0.15, 0.2) is 23.8 Å². The molecule has 1 fully saturated rings. The Balaban J connectivity index is 2.09. The zero-order chi connectivity index (χ0) is 9.26. The summed E-state index contributed by atoms with van der Waals surface area (Å²) in [7, 11) is 0. The number of hydrogen-bond donors (Lipinski definition) is 0. The first-order chi connectivity index (χ1) is 6.27. The highest BCUT2D eigenvalue weighted by atomic mass is 16.2. The van der Waals surface area contributed by atoms with E-state index in [9.17, 15) is 4.79 Å². The third-order valence-corrected chi connectivity index (χ3v) is 2.96. The molecule has 0 aromatic rings. The zero-order valence-corrected chi connectivity index (χ0v) is 7.99. The molecule has 13 heavy (non-hydrogen) atoms. The number of nitrogens with zero attached hydrogens (tertiary/aromatic N) is 1. The maximum Gasteiger partial charge on any atom is 0.219 e. The molecule has 0 bridgehead atoms. The summed E-state index contributed by atoms with van der Waals surface area (Å²) in [6.45, 7) is 3.44. The van der Waals surface area contributed by atoms with Crippen molar-refractivity contribution >= 4 is 5.91 Å². The Morgan fingerprint density at radius 3 is 3.23 bits per heavy atom. The van der Waals surface area contributed by atoms with Crippen LogP contribution in [0.3, 0.4) is 0 Å². The molecule has 1 atom stereocenters. The molecule has 0 radical (unpaired) electrons. The smallest absolute Gasteiger partial charge is 0.219 e. The average molecular weight is 177 g/mol. The van der Waals surface area contributed by atoms with Gasteiger partial charge in [-0.15, -0.1) is 0 Å². The van der Waals surface area contributed by atoms with Gasteiger partial charge in [0.25, 0.3) is 0 Å². The molecule has 70 valence electrons.